The average molecular weight is 366 g/mol. The van der Waals surface area contributed by atoms with Gasteiger partial charge in [0, 0.05) is 25.7 Å². The lowest BCUT2D eigenvalue weighted by atomic mass is 9.80. The van der Waals surface area contributed by atoms with Gasteiger partial charge in [-0.2, -0.15) is 0 Å². The Morgan fingerprint density at radius 2 is 1.65 bits per heavy atom. The summed E-state index contributed by atoms with van der Waals surface area (Å²) in [6.07, 6.45) is 10.9. The first kappa shape index (κ1) is 19.9. The minimum atomic E-state index is -0.412. The molecule has 0 aromatic carbocycles. The number of likely N-dealkylation sites (tertiary alicyclic amines) is 1. The smallest absolute Gasteiger partial charge is 0.410 e. The molecule has 3 aliphatic rings. The molecular weight excluding hydrogens is 326 g/mol. The molecule has 150 valence electrons. The highest BCUT2D eigenvalue weighted by molar-refractivity contribution is 5.69. The van der Waals surface area contributed by atoms with Gasteiger partial charge in [0.05, 0.1) is 6.04 Å². The highest BCUT2D eigenvalue weighted by Gasteiger charge is 2.44. The molecule has 1 aliphatic carbocycles. The number of nitrogens with zero attached hydrogens (tertiary/aromatic N) is 2. The predicted molar refractivity (Wildman–Crippen MR) is 105 cm³/mol. The van der Waals surface area contributed by atoms with Crippen LogP contribution in [0.4, 0.5) is 4.79 Å². The van der Waals surface area contributed by atoms with Crippen molar-refractivity contribution in [3.8, 4) is 0 Å². The van der Waals surface area contributed by atoms with Gasteiger partial charge in [-0.3, -0.25) is 5.43 Å². The number of nitrogens with one attached hydrogen (secondary N) is 1. The molecule has 0 aromatic heterocycles. The van der Waals surface area contributed by atoms with Crippen LogP contribution in [0.2, 0.25) is 0 Å². The van der Waals surface area contributed by atoms with Crippen LogP contribution < -0.4 is 5.43 Å². The summed E-state index contributed by atoms with van der Waals surface area (Å²) in [5, 5.41) is 2.44. The Hall–Kier alpha value is -0.810. The zero-order chi connectivity index (χ0) is 18.7. The van der Waals surface area contributed by atoms with Gasteiger partial charge in [0.2, 0.25) is 0 Å². The number of carbonyl (C=O) groups excluding carboxylic acids is 1. The fraction of sp³-hybridized carbons (Fsp3) is 0.952. The molecule has 5 heteroatoms. The molecule has 1 saturated carbocycles. The number of hydrogen-bond acceptors (Lipinski definition) is 4. The molecule has 2 atom stereocenters. The second kappa shape index (κ2) is 8.47. The number of ether oxygens (including phenoxy) is 1. The third-order valence-electron chi connectivity index (χ3n) is 6.39. The Bertz CT molecular complexity index is 462. The van der Waals surface area contributed by atoms with E-state index in [1.165, 1.54) is 51.4 Å². The van der Waals surface area contributed by atoms with Gasteiger partial charge in [-0.15, -0.1) is 0 Å². The first-order valence-corrected chi connectivity index (χ1v) is 10.9. The Morgan fingerprint density at radius 3 is 2.23 bits per heavy atom. The molecule has 0 aromatic rings. The van der Waals surface area contributed by atoms with Crippen LogP contribution in [0, 0.1) is 11.8 Å². The highest BCUT2D eigenvalue weighted by Crippen LogP contribution is 2.34. The van der Waals surface area contributed by atoms with E-state index in [2.05, 4.69) is 17.4 Å². The van der Waals surface area contributed by atoms with Crippen molar-refractivity contribution < 1.29 is 9.53 Å². The minimum Gasteiger partial charge on any atom is -0.444 e. The van der Waals surface area contributed by atoms with E-state index >= 15 is 0 Å². The van der Waals surface area contributed by atoms with Crippen LogP contribution in [0.3, 0.4) is 0 Å². The molecule has 26 heavy (non-hydrogen) atoms. The van der Waals surface area contributed by atoms with Crippen molar-refractivity contribution >= 4 is 6.09 Å². The molecule has 3 rings (SSSR count). The maximum absolute atomic E-state index is 12.2. The lowest BCUT2D eigenvalue weighted by Gasteiger charge is -2.44. The fourth-order valence-corrected chi connectivity index (χ4v) is 4.82. The molecule has 3 fully saturated rings. The Morgan fingerprint density at radius 1 is 1.04 bits per heavy atom. The minimum absolute atomic E-state index is 0.170. The van der Waals surface area contributed by atoms with Crippen molar-refractivity contribution in [2.45, 2.75) is 96.7 Å². The molecular formula is C21H39N3O2. The molecule has 0 spiro atoms. The summed E-state index contributed by atoms with van der Waals surface area (Å²) >= 11 is 0. The molecule has 2 aliphatic heterocycles. The first-order chi connectivity index (χ1) is 12.4. The van der Waals surface area contributed by atoms with Crippen LogP contribution in [0.5, 0.6) is 0 Å². The van der Waals surface area contributed by atoms with Crippen LogP contribution in [-0.4, -0.2) is 53.3 Å². The van der Waals surface area contributed by atoms with E-state index in [1.54, 1.807) is 0 Å². The zero-order valence-electron chi connectivity index (χ0n) is 17.3. The summed E-state index contributed by atoms with van der Waals surface area (Å²) in [6.45, 7) is 10.8. The van der Waals surface area contributed by atoms with Crippen molar-refractivity contribution in [1.82, 2.24) is 15.3 Å². The van der Waals surface area contributed by atoms with Gasteiger partial charge in [0.15, 0.2) is 0 Å². The molecule has 0 radical (unpaired) electrons. The summed E-state index contributed by atoms with van der Waals surface area (Å²) in [5.74, 6) is 1.57. The highest BCUT2D eigenvalue weighted by atomic mass is 16.6. The topological polar surface area (TPSA) is 44.8 Å². The normalized spacial score (nSPS) is 29.9. The van der Waals surface area contributed by atoms with Gasteiger partial charge in [-0.05, 0) is 45.4 Å². The number of hydrazine groups is 1. The molecule has 1 N–H and O–H groups in total. The molecule has 2 saturated heterocycles. The van der Waals surface area contributed by atoms with Crippen molar-refractivity contribution in [2.75, 3.05) is 19.6 Å². The van der Waals surface area contributed by atoms with E-state index in [1.807, 2.05) is 25.7 Å². The lowest BCUT2D eigenvalue weighted by molar-refractivity contribution is -0.0221. The van der Waals surface area contributed by atoms with Crippen LogP contribution in [0.25, 0.3) is 0 Å². The van der Waals surface area contributed by atoms with Crippen LogP contribution in [0.1, 0.15) is 79.1 Å². The second-order valence-electron chi connectivity index (χ2n) is 9.62. The van der Waals surface area contributed by atoms with Crippen molar-refractivity contribution in [3.63, 3.8) is 0 Å². The van der Waals surface area contributed by atoms with E-state index in [0.717, 1.165) is 31.5 Å². The predicted octanol–water partition coefficient (Wildman–Crippen LogP) is 4.18. The van der Waals surface area contributed by atoms with Crippen molar-refractivity contribution in [1.29, 1.82) is 0 Å². The van der Waals surface area contributed by atoms with Gasteiger partial charge in [-0.1, -0.05) is 45.4 Å². The van der Waals surface area contributed by atoms with Crippen LogP contribution in [-0.2, 0) is 4.74 Å². The van der Waals surface area contributed by atoms with E-state index in [-0.39, 0.29) is 6.09 Å². The SMILES string of the molecule is CCC1CN(C2CN(C(=O)OC(C)(C)C)C2)NC1C1CCCCCCC1. The molecule has 2 unspecified atom stereocenters. The van der Waals surface area contributed by atoms with E-state index in [9.17, 15) is 4.79 Å². The van der Waals surface area contributed by atoms with E-state index in [0.29, 0.717) is 12.1 Å². The number of carbonyl (C=O) groups is 1. The lowest BCUT2D eigenvalue weighted by Crippen LogP contribution is -2.63. The van der Waals surface area contributed by atoms with Gasteiger partial charge < -0.3 is 9.64 Å². The monoisotopic (exact) mass is 365 g/mol. The number of hydrogen-bond donors (Lipinski definition) is 1. The fourth-order valence-electron chi connectivity index (χ4n) is 4.82. The average Bonchev–Trinajstić information content (AvgIpc) is 2.87. The molecule has 0 bridgehead atoms. The summed E-state index contributed by atoms with van der Waals surface area (Å²) in [7, 11) is 0. The third-order valence-corrected chi connectivity index (χ3v) is 6.39. The van der Waals surface area contributed by atoms with Crippen LogP contribution in [0.15, 0.2) is 0 Å². The largest absolute Gasteiger partial charge is 0.444 e. The summed E-state index contributed by atoms with van der Waals surface area (Å²) in [4.78, 5) is 14.0. The van der Waals surface area contributed by atoms with E-state index < -0.39 is 5.60 Å². The maximum atomic E-state index is 12.2. The standard InChI is InChI=1S/C21H39N3O2/c1-5-16-13-24(18-14-23(15-18)20(25)26-21(2,3)4)22-19(16)17-11-9-7-6-8-10-12-17/h16-19,22H,5-15H2,1-4H3. The van der Waals surface area contributed by atoms with Crippen molar-refractivity contribution in [3.05, 3.63) is 0 Å². The van der Waals surface area contributed by atoms with E-state index in [4.69, 9.17) is 4.74 Å². The first-order valence-electron chi connectivity index (χ1n) is 10.9. The Kier molecular flexibility index (Phi) is 6.50. The van der Waals surface area contributed by atoms with Gasteiger partial charge >= 0.3 is 6.09 Å². The van der Waals surface area contributed by atoms with Gasteiger partial charge in [0.25, 0.3) is 0 Å². The number of amides is 1. The van der Waals surface area contributed by atoms with Crippen LogP contribution >= 0.6 is 0 Å². The van der Waals surface area contributed by atoms with Gasteiger partial charge in [-0.25, -0.2) is 9.80 Å². The summed E-state index contributed by atoms with van der Waals surface area (Å²) in [6, 6.07) is 1.07. The number of rotatable bonds is 3. The maximum Gasteiger partial charge on any atom is 0.410 e. The zero-order valence-corrected chi connectivity index (χ0v) is 17.3. The summed E-state index contributed by atoms with van der Waals surface area (Å²) < 4.78 is 5.48. The molecule has 2 heterocycles. The summed E-state index contributed by atoms with van der Waals surface area (Å²) in [5.41, 5.74) is 3.46. The van der Waals surface area contributed by atoms with Gasteiger partial charge in [0.1, 0.15) is 5.60 Å². The Balaban J connectivity index is 1.51. The third kappa shape index (κ3) is 4.92. The quantitative estimate of drug-likeness (QED) is 0.815. The molecule has 5 nitrogen and oxygen atoms in total. The van der Waals surface area contributed by atoms with Crippen molar-refractivity contribution in [2.24, 2.45) is 11.8 Å². The Labute approximate surface area is 159 Å². The molecule has 1 amide bonds. The second-order valence-corrected chi connectivity index (χ2v) is 9.62.